The number of hydrogen-bond acceptors (Lipinski definition) is 4. The Labute approximate surface area is 187 Å². The monoisotopic (exact) mass is 457 g/mol. The lowest BCUT2D eigenvalue weighted by Gasteiger charge is -2.29. The van der Waals surface area contributed by atoms with Crippen LogP contribution in [0.1, 0.15) is 43.2 Å². The minimum atomic E-state index is -3.93. The Balaban J connectivity index is 1.67. The quantitative estimate of drug-likeness (QED) is 0.715. The highest BCUT2D eigenvalue weighted by Gasteiger charge is 2.44. The van der Waals surface area contributed by atoms with E-state index < -0.39 is 21.5 Å². The molecule has 0 aromatic heterocycles. The molecule has 31 heavy (non-hydrogen) atoms. The molecule has 0 radical (unpaired) electrons. The summed E-state index contributed by atoms with van der Waals surface area (Å²) in [5, 5.41) is 12.7. The summed E-state index contributed by atoms with van der Waals surface area (Å²) in [5.74, 6) is -0.270. The molecule has 4 rings (SSSR count). The average Bonchev–Trinajstić information content (AvgIpc) is 3.58. The first-order chi connectivity index (χ1) is 14.9. The number of halogens is 1. The van der Waals surface area contributed by atoms with E-state index in [1.807, 2.05) is 24.3 Å². The zero-order valence-corrected chi connectivity index (χ0v) is 18.6. The van der Waals surface area contributed by atoms with Gasteiger partial charge in [0.25, 0.3) is 0 Å². The molecular formula is C23H24ClN3O3S. The van der Waals surface area contributed by atoms with E-state index in [-0.39, 0.29) is 17.3 Å². The molecule has 162 valence electrons. The molecule has 2 aliphatic rings. The Kier molecular flexibility index (Phi) is 6.07. The molecule has 1 unspecified atom stereocenters. The molecule has 1 N–H and O–H groups in total. The lowest BCUT2D eigenvalue weighted by Crippen LogP contribution is -2.48. The van der Waals surface area contributed by atoms with Crippen LogP contribution in [0.5, 0.6) is 0 Å². The number of carbonyl (C=O) groups excluding carboxylic acids is 1. The van der Waals surface area contributed by atoms with E-state index >= 15 is 0 Å². The fourth-order valence-corrected chi connectivity index (χ4v) is 5.73. The van der Waals surface area contributed by atoms with Gasteiger partial charge in [-0.05, 0) is 67.5 Å². The van der Waals surface area contributed by atoms with Crippen molar-refractivity contribution in [2.24, 2.45) is 0 Å². The van der Waals surface area contributed by atoms with E-state index in [2.05, 4.69) is 11.4 Å². The Bertz CT molecular complexity index is 1100. The molecule has 1 saturated heterocycles. The van der Waals surface area contributed by atoms with Crippen LogP contribution in [-0.4, -0.2) is 31.2 Å². The summed E-state index contributed by atoms with van der Waals surface area (Å²) in [6.45, 7) is 0.623. The molecule has 2 aromatic carbocycles. The van der Waals surface area contributed by atoms with Crippen LogP contribution >= 0.6 is 11.6 Å². The summed E-state index contributed by atoms with van der Waals surface area (Å²) in [5.41, 5.74) is 1.33. The van der Waals surface area contributed by atoms with E-state index in [0.717, 1.165) is 36.8 Å². The van der Waals surface area contributed by atoms with Crippen molar-refractivity contribution in [3.8, 4) is 6.07 Å². The molecule has 1 amide bonds. The number of sulfonamides is 1. The van der Waals surface area contributed by atoms with Crippen molar-refractivity contribution in [3.05, 3.63) is 64.7 Å². The molecule has 0 spiro atoms. The lowest BCUT2D eigenvalue weighted by molar-refractivity contribution is -0.124. The van der Waals surface area contributed by atoms with Gasteiger partial charge in [-0.3, -0.25) is 4.79 Å². The zero-order chi connectivity index (χ0) is 22.1. The molecule has 1 saturated carbocycles. The first-order valence-electron chi connectivity index (χ1n) is 10.4. The van der Waals surface area contributed by atoms with Crippen LogP contribution in [-0.2, 0) is 26.8 Å². The van der Waals surface area contributed by atoms with Gasteiger partial charge in [0.05, 0.1) is 16.4 Å². The Hall–Kier alpha value is -2.40. The predicted molar refractivity (Wildman–Crippen MR) is 118 cm³/mol. The molecule has 1 atom stereocenters. The van der Waals surface area contributed by atoms with Gasteiger partial charge in [0.1, 0.15) is 6.04 Å². The number of nitrogens with one attached hydrogen (secondary N) is 1. The van der Waals surface area contributed by atoms with Crippen LogP contribution in [0.4, 0.5) is 0 Å². The molecule has 1 aliphatic heterocycles. The van der Waals surface area contributed by atoms with Gasteiger partial charge in [-0.1, -0.05) is 35.9 Å². The second kappa shape index (κ2) is 8.62. The summed E-state index contributed by atoms with van der Waals surface area (Å²) in [6, 6.07) is 15.1. The van der Waals surface area contributed by atoms with E-state index in [1.54, 1.807) is 0 Å². The SMILES string of the molecule is N#CC1(c2ccc(CN(C3CCCCNC3=O)S(=O)(=O)c3ccc(Cl)cc3)cc2)CC1. The normalized spacial score (nSPS) is 20.5. The van der Waals surface area contributed by atoms with Crippen LogP contribution < -0.4 is 5.32 Å². The molecular weight excluding hydrogens is 434 g/mol. The van der Waals surface area contributed by atoms with E-state index in [1.165, 1.54) is 28.6 Å². The maximum Gasteiger partial charge on any atom is 0.244 e. The van der Waals surface area contributed by atoms with Crippen molar-refractivity contribution in [1.29, 1.82) is 5.26 Å². The van der Waals surface area contributed by atoms with Crippen LogP contribution in [0.15, 0.2) is 53.4 Å². The van der Waals surface area contributed by atoms with Gasteiger partial charge in [-0.15, -0.1) is 0 Å². The zero-order valence-electron chi connectivity index (χ0n) is 17.1. The minimum absolute atomic E-state index is 0.0723. The number of nitriles is 1. The number of hydrogen-bond donors (Lipinski definition) is 1. The standard InChI is InChI=1S/C23H24ClN3O3S/c24-19-8-10-20(11-9-19)31(29,30)27(21-3-1-2-14-26-22(21)28)15-17-4-6-18(7-5-17)23(16-25)12-13-23/h4-11,21H,1-3,12-15H2,(H,26,28). The third-order valence-electron chi connectivity index (χ3n) is 6.08. The van der Waals surface area contributed by atoms with Crippen LogP contribution in [0.3, 0.4) is 0 Å². The topological polar surface area (TPSA) is 90.3 Å². The summed E-state index contributed by atoms with van der Waals surface area (Å²) in [4.78, 5) is 12.8. The molecule has 1 aliphatic carbocycles. The predicted octanol–water partition coefficient (Wildman–Crippen LogP) is 3.75. The Morgan fingerprint density at radius 2 is 1.77 bits per heavy atom. The van der Waals surface area contributed by atoms with Crippen molar-refractivity contribution >= 4 is 27.5 Å². The summed E-state index contributed by atoms with van der Waals surface area (Å²) < 4.78 is 28.4. The van der Waals surface area contributed by atoms with E-state index in [0.29, 0.717) is 18.0 Å². The number of carbonyl (C=O) groups is 1. The summed E-state index contributed by atoms with van der Waals surface area (Å²) >= 11 is 5.94. The first-order valence-corrected chi connectivity index (χ1v) is 12.2. The van der Waals surface area contributed by atoms with Gasteiger partial charge in [-0.25, -0.2) is 8.42 Å². The van der Waals surface area contributed by atoms with E-state index in [4.69, 9.17) is 11.6 Å². The largest absolute Gasteiger partial charge is 0.355 e. The Morgan fingerprint density at radius 1 is 1.10 bits per heavy atom. The van der Waals surface area contributed by atoms with Crippen molar-refractivity contribution < 1.29 is 13.2 Å². The van der Waals surface area contributed by atoms with Crippen molar-refractivity contribution in [3.63, 3.8) is 0 Å². The minimum Gasteiger partial charge on any atom is -0.355 e. The average molecular weight is 458 g/mol. The molecule has 6 nitrogen and oxygen atoms in total. The van der Waals surface area contributed by atoms with Gasteiger partial charge < -0.3 is 5.32 Å². The highest BCUT2D eigenvalue weighted by Crippen LogP contribution is 2.47. The third kappa shape index (κ3) is 4.47. The van der Waals surface area contributed by atoms with Gasteiger partial charge >= 0.3 is 0 Å². The number of amides is 1. The molecule has 0 bridgehead atoms. The van der Waals surface area contributed by atoms with Crippen LogP contribution in [0.25, 0.3) is 0 Å². The number of nitrogens with zero attached hydrogens (tertiary/aromatic N) is 2. The molecule has 2 aromatic rings. The number of benzene rings is 2. The summed E-state index contributed by atoms with van der Waals surface area (Å²) in [7, 11) is -3.93. The second-order valence-electron chi connectivity index (χ2n) is 8.20. The fraction of sp³-hybridized carbons (Fsp3) is 0.391. The fourth-order valence-electron chi connectivity index (χ4n) is 4.00. The maximum absolute atomic E-state index is 13.5. The maximum atomic E-state index is 13.5. The van der Waals surface area contributed by atoms with Crippen molar-refractivity contribution in [2.75, 3.05) is 6.54 Å². The van der Waals surface area contributed by atoms with Crippen molar-refractivity contribution in [1.82, 2.24) is 9.62 Å². The van der Waals surface area contributed by atoms with Crippen molar-refractivity contribution in [2.45, 2.75) is 55.0 Å². The lowest BCUT2D eigenvalue weighted by atomic mass is 9.96. The van der Waals surface area contributed by atoms with Gasteiger partial charge in [-0.2, -0.15) is 9.57 Å². The van der Waals surface area contributed by atoms with Gasteiger partial charge in [0.15, 0.2) is 0 Å². The summed E-state index contributed by atoms with van der Waals surface area (Å²) in [6.07, 6.45) is 3.75. The highest BCUT2D eigenvalue weighted by molar-refractivity contribution is 7.89. The third-order valence-corrected chi connectivity index (χ3v) is 8.20. The molecule has 2 fully saturated rings. The molecule has 8 heteroatoms. The smallest absolute Gasteiger partial charge is 0.244 e. The second-order valence-corrected chi connectivity index (χ2v) is 10.5. The number of rotatable bonds is 6. The molecule has 1 heterocycles. The van der Waals surface area contributed by atoms with Crippen LogP contribution in [0, 0.1) is 11.3 Å². The Morgan fingerprint density at radius 3 is 2.39 bits per heavy atom. The van der Waals surface area contributed by atoms with Crippen LogP contribution in [0.2, 0.25) is 5.02 Å². The van der Waals surface area contributed by atoms with E-state index in [9.17, 15) is 18.5 Å². The first kappa shape index (κ1) is 21.8. The van der Waals surface area contributed by atoms with Gasteiger partial charge in [0.2, 0.25) is 15.9 Å². The van der Waals surface area contributed by atoms with Gasteiger partial charge in [0, 0.05) is 18.1 Å². The highest BCUT2D eigenvalue weighted by atomic mass is 35.5.